The first-order valence-electron chi connectivity index (χ1n) is 4.89. The van der Waals surface area contributed by atoms with Crippen molar-refractivity contribution < 1.29 is 0 Å². The Bertz CT molecular complexity index is 264. The molecule has 0 aromatic carbocycles. The van der Waals surface area contributed by atoms with Crippen LogP contribution < -0.4 is 0 Å². The fraction of sp³-hybridized carbons (Fsp3) is 0.143. The molecular formula is C14H15. The molecule has 0 atom stereocenters. The van der Waals surface area contributed by atoms with E-state index in [0.717, 1.165) is 12.8 Å². The van der Waals surface area contributed by atoms with Crippen molar-refractivity contribution in [3.05, 3.63) is 72.9 Å². The first kappa shape index (κ1) is 10.5. The standard InChI is InChI=1S/C14H15/c1-2-4-6-8-10-12-14-13-11-9-7-5-3-1/h1-9,13-14H,10,12H2/b3-1+,4-2-,7-5-,8-6+,11-9?,14-13+. The van der Waals surface area contributed by atoms with Crippen LogP contribution in [0, 0.1) is 6.08 Å². The molecule has 0 fully saturated rings. The molecule has 0 heterocycles. The molecule has 0 amide bonds. The lowest BCUT2D eigenvalue weighted by atomic mass is 10.2. The Labute approximate surface area is 86.3 Å². The van der Waals surface area contributed by atoms with E-state index >= 15 is 0 Å². The van der Waals surface area contributed by atoms with E-state index in [1.807, 2.05) is 48.6 Å². The molecule has 0 aromatic heterocycles. The molecule has 0 heteroatoms. The highest BCUT2D eigenvalue weighted by molar-refractivity contribution is 5.18. The van der Waals surface area contributed by atoms with Crippen molar-refractivity contribution in [2.45, 2.75) is 12.8 Å². The largest absolute Gasteiger partial charge is 0.0842 e. The molecule has 1 rings (SSSR count). The average Bonchev–Trinajstić information content (AvgIpc) is 2.22. The number of rotatable bonds is 0. The molecule has 14 heavy (non-hydrogen) atoms. The molecule has 1 radical (unpaired) electrons. The summed E-state index contributed by atoms with van der Waals surface area (Å²) >= 11 is 0. The molecule has 0 bridgehead atoms. The second-order valence-electron chi connectivity index (χ2n) is 2.90. The summed E-state index contributed by atoms with van der Waals surface area (Å²) in [5.41, 5.74) is 0. The van der Waals surface area contributed by atoms with Gasteiger partial charge in [-0.1, -0.05) is 66.8 Å². The second-order valence-corrected chi connectivity index (χ2v) is 2.90. The van der Waals surface area contributed by atoms with Gasteiger partial charge < -0.3 is 0 Å². The zero-order valence-corrected chi connectivity index (χ0v) is 8.27. The summed E-state index contributed by atoms with van der Waals surface area (Å²) < 4.78 is 0. The summed E-state index contributed by atoms with van der Waals surface area (Å²) in [6.45, 7) is 0. The predicted octanol–water partition coefficient (Wildman–Crippen LogP) is 3.92. The highest BCUT2D eigenvalue weighted by atomic mass is 13.8. The number of hydrogen-bond donors (Lipinski definition) is 0. The van der Waals surface area contributed by atoms with E-state index in [1.54, 1.807) is 0 Å². The Kier molecular flexibility index (Phi) is 6.05. The van der Waals surface area contributed by atoms with Crippen LogP contribution in [0.2, 0.25) is 0 Å². The number of allylic oxidation sites excluding steroid dienone is 12. The van der Waals surface area contributed by atoms with Crippen LogP contribution >= 0.6 is 0 Å². The SMILES string of the molecule is [C]1=C/C=C\C=C\C=C/C=C/CC/C=C/1. The van der Waals surface area contributed by atoms with Crippen LogP contribution in [0.3, 0.4) is 0 Å². The van der Waals surface area contributed by atoms with Gasteiger partial charge in [-0.3, -0.25) is 0 Å². The van der Waals surface area contributed by atoms with E-state index in [-0.39, 0.29) is 0 Å². The van der Waals surface area contributed by atoms with Gasteiger partial charge in [0, 0.05) is 0 Å². The zero-order valence-electron chi connectivity index (χ0n) is 8.27. The van der Waals surface area contributed by atoms with Gasteiger partial charge in [-0.15, -0.1) is 0 Å². The van der Waals surface area contributed by atoms with Crippen molar-refractivity contribution in [2.24, 2.45) is 0 Å². The van der Waals surface area contributed by atoms with E-state index in [1.165, 1.54) is 0 Å². The summed E-state index contributed by atoms with van der Waals surface area (Å²) in [5.74, 6) is 0. The summed E-state index contributed by atoms with van der Waals surface area (Å²) in [6.07, 6.45) is 27.5. The molecule has 0 unspecified atom stereocenters. The fourth-order valence-electron chi connectivity index (χ4n) is 1.01. The Morgan fingerprint density at radius 3 is 2.14 bits per heavy atom. The van der Waals surface area contributed by atoms with Crippen LogP contribution in [-0.4, -0.2) is 0 Å². The third kappa shape index (κ3) is 6.01. The van der Waals surface area contributed by atoms with Crippen LogP contribution in [0.4, 0.5) is 0 Å². The fourth-order valence-corrected chi connectivity index (χ4v) is 1.01. The van der Waals surface area contributed by atoms with Crippen LogP contribution in [0.5, 0.6) is 0 Å². The molecule has 71 valence electrons. The van der Waals surface area contributed by atoms with E-state index in [0.29, 0.717) is 0 Å². The van der Waals surface area contributed by atoms with Crippen LogP contribution in [0.1, 0.15) is 12.8 Å². The normalized spacial score (nSPS) is 30.9. The minimum absolute atomic E-state index is 1.07. The topological polar surface area (TPSA) is 0 Å². The minimum atomic E-state index is 1.07. The molecule has 0 saturated heterocycles. The van der Waals surface area contributed by atoms with Gasteiger partial charge in [0.05, 0.1) is 0 Å². The maximum atomic E-state index is 3.07. The van der Waals surface area contributed by atoms with Crippen LogP contribution in [-0.2, 0) is 0 Å². The van der Waals surface area contributed by atoms with E-state index < -0.39 is 0 Å². The molecule has 0 spiro atoms. The average molecular weight is 183 g/mol. The maximum absolute atomic E-state index is 3.07. The summed E-state index contributed by atoms with van der Waals surface area (Å²) in [4.78, 5) is 0. The van der Waals surface area contributed by atoms with Crippen molar-refractivity contribution in [1.82, 2.24) is 0 Å². The monoisotopic (exact) mass is 183 g/mol. The first-order chi connectivity index (χ1) is 7.00. The van der Waals surface area contributed by atoms with E-state index in [2.05, 4.69) is 24.3 Å². The molecular weight excluding hydrogens is 168 g/mol. The molecule has 0 saturated carbocycles. The minimum Gasteiger partial charge on any atom is -0.0842 e. The van der Waals surface area contributed by atoms with Gasteiger partial charge in [0.15, 0.2) is 0 Å². The van der Waals surface area contributed by atoms with Gasteiger partial charge in [0.2, 0.25) is 0 Å². The van der Waals surface area contributed by atoms with Gasteiger partial charge >= 0.3 is 0 Å². The van der Waals surface area contributed by atoms with Gasteiger partial charge in [-0.25, -0.2) is 0 Å². The highest BCUT2D eigenvalue weighted by Crippen LogP contribution is 1.94. The quantitative estimate of drug-likeness (QED) is 0.534. The third-order valence-corrected chi connectivity index (χ3v) is 1.71. The Morgan fingerprint density at radius 1 is 0.643 bits per heavy atom. The molecule has 1 aliphatic rings. The predicted molar refractivity (Wildman–Crippen MR) is 62.7 cm³/mol. The van der Waals surface area contributed by atoms with Gasteiger partial charge in [-0.05, 0) is 18.9 Å². The second kappa shape index (κ2) is 8.06. The third-order valence-electron chi connectivity index (χ3n) is 1.71. The number of hydrogen-bond acceptors (Lipinski definition) is 0. The lowest BCUT2D eigenvalue weighted by Gasteiger charge is -1.84. The van der Waals surface area contributed by atoms with Crippen molar-refractivity contribution in [3.63, 3.8) is 0 Å². The van der Waals surface area contributed by atoms with Gasteiger partial charge in [0.25, 0.3) is 0 Å². The van der Waals surface area contributed by atoms with E-state index in [9.17, 15) is 0 Å². The Balaban J connectivity index is 2.56. The van der Waals surface area contributed by atoms with Gasteiger partial charge in [0.1, 0.15) is 0 Å². The summed E-state index contributed by atoms with van der Waals surface area (Å²) in [7, 11) is 0. The van der Waals surface area contributed by atoms with Crippen molar-refractivity contribution in [1.29, 1.82) is 0 Å². The lowest BCUT2D eigenvalue weighted by Crippen LogP contribution is -1.64. The van der Waals surface area contributed by atoms with Crippen molar-refractivity contribution >= 4 is 0 Å². The maximum Gasteiger partial charge on any atom is -0.0187 e. The molecule has 0 aromatic rings. The van der Waals surface area contributed by atoms with Crippen molar-refractivity contribution in [3.8, 4) is 0 Å². The molecule has 0 N–H and O–H groups in total. The molecule has 1 aliphatic carbocycles. The first-order valence-corrected chi connectivity index (χ1v) is 4.89. The lowest BCUT2D eigenvalue weighted by molar-refractivity contribution is 1.05. The molecule has 0 aliphatic heterocycles. The van der Waals surface area contributed by atoms with Crippen LogP contribution in [0.25, 0.3) is 0 Å². The molecule has 0 nitrogen and oxygen atoms in total. The van der Waals surface area contributed by atoms with Crippen LogP contribution in [0.15, 0.2) is 66.8 Å². The van der Waals surface area contributed by atoms with Crippen molar-refractivity contribution in [2.75, 3.05) is 0 Å². The summed E-state index contributed by atoms with van der Waals surface area (Å²) in [5, 5.41) is 0. The summed E-state index contributed by atoms with van der Waals surface area (Å²) in [6, 6.07) is 0. The Morgan fingerprint density at radius 2 is 1.29 bits per heavy atom. The van der Waals surface area contributed by atoms with Gasteiger partial charge in [-0.2, -0.15) is 0 Å². The highest BCUT2D eigenvalue weighted by Gasteiger charge is 1.74. The Hall–Kier alpha value is -1.56. The smallest absolute Gasteiger partial charge is 0.0187 e. The zero-order chi connectivity index (χ0) is 9.90. The van der Waals surface area contributed by atoms with E-state index in [4.69, 9.17) is 0 Å².